The molecule has 1 heterocycles. The lowest BCUT2D eigenvalue weighted by molar-refractivity contribution is 0.177. The van der Waals surface area contributed by atoms with Gasteiger partial charge in [-0.3, -0.25) is 0 Å². The molecule has 0 radical (unpaired) electrons. The van der Waals surface area contributed by atoms with Gasteiger partial charge in [-0.15, -0.1) is 0 Å². The monoisotopic (exact) mass is 662 g/mol. The maximum atomic E-state index is 5.65. The average molecular weight is 663 g/mol. The molecule has 0 saturated heterocycles. The second-order valence-corrected chi connectivity index (χ2v) is 16.3. The van der Waals surface area contributed by atoms with E-state index in [9.17, 15) is 0 Å². The minimum absolute atomic E-state index is 0.0533. The Morgan fingerprint density at radius 3 is 2.08 bits per heavy atom. The lowest BCUT2D eigenvalue weighted by Crippen LogP contribution is -2.37. The van der Waals surface area contributed by atoms with Crippen LogP contribution in [0.1, 0.15) is 104 Å². The van der Waals surface area contributed by atoms with Crippen molar-refractivity contribution in [2.75, 3.05) is 0 Å². The number of nitrogens with zero attached hydrogens (tertiary/aromatic N) is 2. The number of aromatic nitrogens is 2. The fraction of sp³-hybridized carbons (Fsp3) is 0.306. The van der Waals surface area contributed by atoms with E-state index in [4.69, 9.17) is 9.97 Å². The standard InChI is InChI=1S/C49H46N2/c1-48(2)41-29-35(25-26-37(41)38-31-43-39(30-42(38)48)36-23-13-14-24-40(36)49(43)27-15-6-16-28-49)47-46(34-21-11-5-12-22-34)50-44(32-17-7-3-8-18-32)45(51-47)33-19-9-4-10-20-33/h3-5,7-14,17-19,21-26,29-30,33,38-39,43H,6,15-16,20,27-28,31H2,1-2H3. The first kappa shape index (κ1) is 31.0. The van der Waals surface area contributed by atoms with E-state index < -0.39 is 0 Å². The van der Waals surface area contributed by atoms with Crippen molar-refractivity contribution in [1.29, 1.82) is 0 Å². The summed E-state index contributed by atoms with van der Waals surface area (Å²) in [5, 5.41) is 0. The van der Waals surface area contributed by atoms with Crippen LogP contribution < -0.4 is 0 Å². The predicted octanol–water partition coefficient (Wildman–Crippen LogP) is 12.4. The fourth-order valence-electron chi connectivity index (χ4n) is 11.0. The molecular weight excluding hydrogens is 617 g/mol. The molecule has 252 valence electrons. The summed E-state index contributed by atoms with van der Waals surface area (Å²) in [6, 6.07) is 38.1. The zero-order chi connectivity index (χ0) is 34.2. The molecule has 4 aromatic carbocycles. The van der Waals surface area contributed by atoms with E-state index >= 15 is 0 Å². The molecule has 1 saturated carbocycles. The van der Waals surface area contributed by atoms with Gasteiger partial charge in [0, 0.05) is 39.9 Å². The Labute approximate surface area is 303 Å². The summed E-state index contributed by atoms with van der Waals surface area (Å²) < 4.78 is 0. The van der Waals surface area contributed by atoms with Gasteiger partial charge in [-0.05, 0) is 65.3 Å². The molecule has 2 nitrogen and oxygen atoms in total. The Bertz CT molecular complexity index is 2230. The van der Waals surface area contributed by atoms with E-state index in [1.807, 2.05) is 0 Å². The number of rotatable bonds is 4. The molecule has 1 fully saturated rings. The Hall–Kier alpha value is -4.82. The second kappa shape index (κ2) is 11.9. The first-order chi connectivity index (χ1) is 25.0. The van der Waals surface area contributed by atoms with E-state index in [1.54, 1.807) is 16.7 Å². The van der Waals surface area contributed by atoms with E-state index in [0.717, 1.165) is 45.9 Å². The third-order valence-corrected chi connectivity index (χ3v) is 13.4. The van der Waals surface area contributed by atoms with Crippen LogP contribution in [-0.2, 0) is 10.8 Å². The summed E-state index contributed by atoms with van der Waals surface area (Å²) in [6.07, 6.45) is 20.6. The van der Waals surface area contributed by atoms with Crippen LogP contribution in [0.15, 0.2) is 139 Å². The highest BCUT2D eigenvalue weighted by molar-refractivity contribution is 5.82. The van der Waals surface area contributed by atoms with Gasteiger partial charge >= 0.3 is 0 Å². The van der Waals surface area contributed by atoms with Gasteiger partial charge in [-0.25, -0.2) is 9.97 Å². The molecule has 0 bridgehead atoms. The number of hydrogen-bond acceptors (Lipinski definition) is 2. The Morgan fingerprint density at radius 1 is 0.627 bits per heavy atom. The van der Waals surface area contributed by atoms with Gasteiger partial charge in [-0.1, -0.05) is 166 Å². The van der Waals surface area contributed by atoms with Crippen molar-refractivity contribution in [3.63, 3.8) is 0 Å². The zero-order valence-electron chi connectivity index (χ0n) is 29.9. The van der Waals surface area contributed by atoms with E-state index in [2.05, 4.69) is 147 Å². The van der Waals surface area contributed by atoms with Gasteiger partial charge in [0.15, 0.2) is 0 Å². The zero-order valence-corrected chi connectivity index (χ0v) is 29.9. The van der Waals surface area contributed by atoms with E-state index in [1.165, 1.54) is 49.7 Å². The first-order valence-corrected chi connectivity index (χ1v) is 19.4. The summed E-state index contributed by atoms with van der Waals surface area (Å²) in [7, 11) is 0. The third-order valence-electron chi connectivity index (χ3n) is 13.4. The summed E-state index contributed by atoms with van der Waals surface area (Å²) in [6.45, 7) is 4.96. The van der Waals surface area contributed by atoms with Crippen molar-refractivity contribution in [2.24, 2.45) is 5.92 Å². The highest BCUT2D eigenvalue weighted by atomic mass is 14.9. The molecular formula is C49H46N2. The van der Waals surface area contributed by atoms with Crippen molar-refractivity contribution in [3.8, 4) is 33.8 Å². The van der Waals surface area contributed by atoms with E-state index in [-0.39, 0.29) is 11.3 Å². The van der Waals surface area contributed by atoms with Gasteiger partial charge in [0.25, 0.3) is 0 Å². The van der Waals surface area contributed by atoms with Gasteiger partial charge in [-0.2, -0.15) is 0 Å². The molecule has 0 N–H and O–H groups in total. The van der Waals surface area contributed by atoms with Crippen LogP contribution in [-0.4, -0.2) is 9.97 Å². The Kier molecular flexibility index (Phi) is 7.21. The molecule has 10 rings (SSSR count). The van der Waals surface area contributed by atoms with Gasteiger partial charge in [0.1, 0.15) is 0 Å². The van der Waals surface area contributed by atoms with Crippen LogP contribution in [0.3, 0.4) is 0 Å². The van der Waals surface area contributed by atoms with Crippen LogP contribution in [0.5, 0.6) is 0 Å². The Morgan fingerprint density at radius 2 is 1.33 bits per heavy atom. The highest BCUT2D eigenvalue weighted by Gasteiger charge is 2.56. The topological polar surface area (TPSA) is 25.8 Å². The van der Waals surface area contributed by atoms with E-state index in [0.29, 0.717) is 23.2 Å². The SMILES string of the molecule is CC1(C)C2=CC3c4ccccc4C4(CCCCC4)C3CC2c2ccc(-c3nc(C4C=CC=CC4)c(-c4ccccc4)nc3-c3ccccc3)cc21. The molecule has 5 aliphatic carbocycles. The van der Waals surface area contributed by atoms with Gasteiger partial charge < -0.3 is 0 Å². The van der Waals surface area contributed by atoms with Crippen LogP contribution in [0.25, 0.3) is 33.8 Å². The van der Waals surface area contributed by atoms with Crippen LogP contribution in [0, 0.1) is 5.92 Å². The maximum absolute atomic E-state index is 5.65. The summed E-state index contributed by atoms with van der Waals surface area (Å²) in [4.78, 5) is 11.2. The highest BCUT2D eigenvalue weighted by Crippen LogP contribution is 2.66. The molecule has 0 amide bonds. The minimum Gasteiger partial charge on any atom is -0.248 e. The van der Waals surface area contributed by atoms with Crippen LogP contribution in [0.2, 0.25) is 0 Å². The number of fused-ring (bicyclic) bond motifs is 8. The van der Waals surface area contributed by atoms with Crippen molar-refractivity contribution >= 4 is 0 Å². The third kappa shape index (κ3) is 4.75. The molecule has 0 aliphatic heterocycles. The Balaban J connectivity index is 1.13. The van der Waals surface area contributed by atoms with Crippen LogP contribution >= 0.6 is 0 Å². The first-order valence-electron chi connectivity index (χ1n) is 19.4. The summed E-state index contributed by atoms with van der Waals surface area (Å²) >= 11 is 0. The normalized spacial score (nSPS) is 24.8. The quantitative estimate of drug-likeness (QED) is 0.179. The molecule has 2 heteroatoms. The molecule has 4 unspecified atom stereocenters. The molecule has 51 heavy (non-hydrogen) atoms. The number of benzene rings is 4. The van der Waals surface area contributed by atoms with Crippen molar-refractivity contribution in [1.82, 2.24) is 9.97 Å². The smallest absolute Gasteiger partial charge is 0.0973 e. The molecule has 5 aromatic rings. The minimum atomic E-state index is -0.0533. The summed E-state index contributed by atoms with van der Waals surface area (Å²) in [5.41, 5.74) is 15.5. The van der Waals surface area contributed by atoms with Gasteiger partial charge in [0.05, 0.1) is 22.8 Å². The lowest BCUT2D eigenvalue weighted by atomic mass is 9.59. The summed E-state index contributed by atoms with van der Waals surface area (Å²) in [5.74, 6) is 1.87. The van der Waals surface area contributed by atoms with Crippen molar-refractivity contribution < 1.29 is 0 Å². The molecule has 1 spiro atoms. The lowest BCUT2D eigenvalue weighted by Gasteiger charge is -2.45. The van der Waals surface area contributed by atoms with Crippen LogP contribution in [0.4, 0.5) is 0 Å². The fourth-order valence-corrected chi connectivity index (χ4v) is 11.0. The maximum Gasteiger partial charge on any atom is 0.0973 e. The second-order valence-electron chi connectivity index (χ2n) is 16.3. The number of hydrogen-bond donors (Lipinski definition) is 0. The largest absolute Gasteiger partial charge is 0.248 e. The van der Waals surface area contributed by atoms with Gasteiger partial charge in [0.2, 0.25) is 0 Å². The average Bonchev–Trinajstić information content (AvgIpc) is 3.58. The molecule has 1 aromatic heterocycles. The molecule has 5 aliphatic rings. The van der Waals surface area contributed by atoms with Crippen molar-refractivity contribution in [2.45, 2.75) is 87.4 Å². The molecule has 4 atom stereocenters. The number of allylic oxidation sites excluding steroid dienone is 6. The predicted molar refractivity (Wildman–Crippen MR) is 210 cm³/mol. The van der Waals surface area contributed by atoms with Crippen molar-refractivity contribution in [3.05, 3.63) is 167 Å².